The Balaban J connectivity index is 1.54. The highest BCUT2D eigenvalue weighted by Gasteiger charge is 2.16. The maximum absolute atomic E-state index is 12.3. The van der Waals surface area contributed by atoms with Crippen LogP contribution in [0.3, 0.4) is 0 Å². The summed E-state index contributed by atoms with van der Waals surface area (Å²) < 4.78 is 0. The van der Waals surface area contributed by atoms with Gasteiger partial charge in [0.05, 0.1) is 5.56 Å². The van der Waals surface area contributed by atoms with E-state index in [2.05, 4.69) is 46.2 Å². The Kier molecular flexibility index (Phi) is 5.66. The number of hydrogen-bond donors (Lipinski definition) is 1. The van der Waals surface area contributed by atoms with Crippen LogP contribution in [0, 0.1) is 0 Å². The Labute approximate surface area is 149 Å². The summed E-state index contributed by atoms with van der Waals surface area (Å²) in [7, 11) is 2.13. The van der Waals surface area contributed by atoms with Crippen LogP contribution in [0.1, 0.15) is 28.8 Å². The first-order chi connectivity index (χ1) is 12.1. The zero-order chi connectivity index (χ0) is 17.6. The second-order valence-corrected chi connectivity index (χ2v) is 6.72. The highest BCUT2D eigenvalue weighted by atomic mass is 16.1. The fourth-order valence-corrected chi connectivity index (χ4v) is 2.99. The lowest BCUT2D eigenvalue weighted by atomic mass is 10.0. The van der Waals surface area contributed by atoms with Crippen LogP contribution in [0.15, 0.2) is 48.7 Å². The molecule has 1 aliphatic rings. The maximum atomic E-state index is 12.3. The summed E-state index contributed by atoms with van der Waals surface area (Å²) >= 11 is 0. The number of nitrogens with one attached hydrogen (secondary N) is 1. The van der Waals surface area contributed by atoms with Gasteiger partial charge in [0.25, 0.3) is 5.91 Å². The molecule has 1 unspecified atom stereocenters. The number of anilines is 1. The molecule has 0 aliphatic carbocycles. The summed E-state index contributed by atoms with van der Waals surface area (Å²) in [4.78, 5) is 21.4. The molecule has 5 nitrogen and oxygen atoms in total. The number of carbonyl (C=O) groups excluding carboxylic acids is 1. The van der Waals surface area contributed by atoms with Crippen molar-refractivity contribution < 1.29 is 4.79 Å². The van der Waals surface area contributed by atoms with Crippen LogP contribution in [0.2, 0.25) is 0 Å². The van der Waals surface area contributed by atoms with E-state index >= 15 is 0 Å². The van der Waals surface area contributed by atoms with E-state index in [1.54, 1.807) is 6.20 Å². The van der Waals surface area contributed by atoms with Gasteiger partial charge in [0.1, 0.15) is 5.82 Å². The molecule has 1 aliphatic heterocycles. The van der Waals surface area contributed by atoms with Crippen molar-refractivity contribution in [2.45, 2.75) is 12.8 Å². The lowest BCUT2D eigenvalue weighted by molar-refractivity contribution is 0.0951. The van der Waals surface area contributed by atoms with Gasteiger partial charge in [-0.3, -0.25) is 4.79 Å². The molecule has 25 heavy (non-hydrogen) atoms. The Morgan fingerprint density at radius 3 is 2.48 bits per heavy atom. The summed E-state index contributed by atoms with van der Waals surface area (Å²) in [6.45, 7) is 6.77. The molecule has 1 fully saturated rings. The number of hydrogen-bond acceptors (Lipinski definition) is 4. The van der Waals surface area contributed by atoms with Gasteiger partial charge in [-0.05, 0) is 30.7 Å². The SMILES string of the molecule is CC(CNC(=O)c1ccc(N2CCN(C)CC2)nc1)c1ccccc1. The monoisotopic (exact) mass is 338 g/mol. The van der Waals surface area contributed by atoms with E-state index in [0.29, 0.717) is 12.1 Å². The van der Waals surface area contributed by atoms with Crippen molar-refractivity contribution in [3.05, 3.63) is 59.8 Å². The molecule has 2 heterocycles. The van der Waals surface area contributed by atoms with Crippen LogP contribution >= 0.6 is 0 Å². The van der Waals surface area contributed by atoms with Gasteiger partial charge in [-0.15, -0.1) is 0 Å². The summed E-state index contributed by atoms with van der Waals surface area (Å²) in [5.74, 6) is 1.16. The number of pyridine rings is 1. The third kappa shape index (κ3) is 4.57. The van der Waals surface area contributed by atoms with Crippen LogP contribution in [0.4, 0.5) is 5.82 Å². The van der Waals surface area contributed by atoms with E-state index in [1.807, 2.05) is 30.3 Å². The fourth-order valence-electron chi connectivity index (χ4n) is 2.99. The second kappa shape index (κ2) is 8.12. The molecule has 1 aromatic carbocycles. The molecule has 0 radical (unpaired) electrons. The number of amides is 1. The van der Waals surface area contributed by atoms with E-state index in [1.165, 1.54) is 5.56 Å². The minimum absolute atomic E-state index is 0.0693. The normalized spacial score (nSPS) is 16.5. The van der Waals surface area contributed by atoms with E-state index < -0.39 is 0 Å². The Morgan fingerprint density at radius 2 is 1.84 bits per heavy atom. The molecule has 1 amide bonds. The van der Waals surface area contributed by atoms with Gasteiger partial charge in [-0.2, -0.15) is 0 Å². The number of piperazine rings is 1. The highest BCUT2D eigenvalue weighted by molar-refractivity contribution is 5.94. The standard InChI is InChI=1S/C20H26N4O/c1-16(17-6-4-3-5-7-17)14-22-20(25)18-8-9-19(21-15-18)24-12-10-23(2)11-13-24/h3-9,15-16H,10-14H2,1-2H3,(H,22,25). The Hall–Kier alpha value is -2.40. The second-order valence-electron chi connectivity index (χ2n) is 6.72. The van der Waals surface area contributed by atoms with Gasteiger partial charge in [-0.25, -0.2) is 4.98 Å². The van der Waals surface area contributed by atoms with Crippen molar-refractivity contribution in [3.63, 3.8) is 0 Å². The molecule has 1 N–H and O–H groups in total. The summed E-state index contributed by atoms with van der Waals surface area (Å²) in [5, 5.41) is 3.00. The fraction of sp³-hybridized carbons (Fsp3) is 0.400. The molecule has 1 saturated heterocycles. The lowest BCUT2D eigenvalue weighted by Crippen LogP contribution is -2.44. The van der Waals surface area contributed by atoms with Crippen molar-refractivity contribution >= 4 is 11.7 Å². The van der Waals surface area contributed by atoms with Crippen molar-refractivity contribution in [1.29, 1.82) is 0 Å². The molecule has 0 saturated carbocycles. The van der Waals surface area contributed by atoms with Crippen LogP contribution in [0.5, 0.6) is 0 Å². The summed E-state index contributed by atoms with van der Waals surface area (Å²) in [5.41, 5.74) is 1.84. The number of benzene rings is 1. The molecule has 0 spiro atoms. The highest BCUT2D eigenvalue weighted by Crippen LogP contribution is 2.15. The van der Waals surface area contributed by atoms with Crippen molar-refractivity contribution in [2.75, 3.05) is 44.7 Å². The molecule has 1 aromatic heterocycles. The third-order valence-corrected chi connectivity index (χ3v) is 4.77. The molecule has 2 aromatic rings. The van der Waals surface area contributed by atoms with E-state index in [4.69, 9.17) is 0 Å². The first-order valence-electron chi connectivity index (χ1n) is 8.86. The quantitative estimate of drug-likeness (QED) is 0.909. The van der Waals surface area contributed by atoms with Crippen molar-refractivity contribution in [3.8, 4) is 0 Å². The minimum Gasteiger partial charge on any atom is -0.354 e. The van der Waals surface area contributed by atoms with Crippen LogP contribution in [0.25, 0.3) is 0 Å². The van der Waals surface area contributed by atoms with Crippen LogP contribution in [-0.4, -0.2) is 55.6 Å². The number of nitrogens with zero attached hydrogens (tertiary/aromatic N) is 3. The number of rotatable bonds is 5. The number of likely N-dealkylation sites (N-methyl/N-ethyl adjacent to an activating group) is 1. The molecule has 3 rings (SSSR count). The van der Waals surface area contributed by atoms with E-state index in [-0.39, 0.29) is 11.8 Å². The molecular formula is C20H26N4O. The van der Waals surface area contributed by atoms with Gasteiger partial charge in [-0.1, -0.05) is 37.3 Å². The van der Waals surface area contributed by atoms with Gasteiger partial charge in [0, 0.05) is 38.9 Å². The molecule has 132 valence electrons. The third-order valence-electron chi connectivity index (χ3n) is 4.77. The van der Waals surface area contributed by atoms with Crippen molar-refractivity contribution in [1.82, 2.24) is 15.2 Å². The number of aromatic nitrogens is 1. The zero-order valence-electron chi connectivity index (χ0n) is 15.0. The summed E-state index contributed by atoms with van der Waals surface area (Å²) in [6, 6.07) is 14.0. The zero-order valence-corrected chi connectivity index (χ0v) is 15.0. The molecular weight excluding hydrogens is 312 g/mol. The first kappa shape index (κ1) is 17.4. The number of carbonyl (C=O) groups is 1. The predicted molar refractivity (Wildman–Crippen MR) is 101 cm³/mol. The Morgan fingerprint density at radius 1 is 1.12 bits per heavy atom. The average molecular weight is 338 g/mol. The van der Waals surface area contributed by atoms with E-state index in [0.717, 1.165) is 32.0 Å². The van der Waals surface area contributed by atoms with Crippen LogP contribution in [-0.2, 0) is 0 Å². The van der Waals surface area contributed by atoms with Gasteiger partial charge in [0.15, 0.2) is 0 Å². The molecule has 1 atom stereocenters. The van der Waals surface area contributed by atoms with Gasteiger partial charge in [0.2, 0.25) is 0 Å². The Bertz CT molecular complexity index is 679. The molecule has 5 heteroatoms. The van der Waals surface area contributed by atoms with Crippen molar-refractivity contribution in [2.24, 2.45) is 0 Å². The van der Waals surface area contributed by atoms with E-state index in [9.17, 15) is 4.79 Å². The average Bonchev–Trinajstić information content (AvgIpc) is 2.67. The van der Waals surface area contributed by atoms with Gasteiger partial charge < -0.3 is 15.1 Å². The van der Waals surface area contributed by atoms with Crippen LogP contribution < -0.4 is 10.2 Å². The topological polar surface area (TPSA) is 48.5 Å². The smallest absolute Gasteiger partial charge is 0.252 e. The summed E-state index contributed by atoms with van der Waals surface area (Å²) in [6.07, 6.45) is 1.68. The lowest BCUT2D eigenvalue weighted by Gasteiger charge is -2.33. The molecule has 0 bridgehead atoms. The predicted octanol–water partition coefficient (Wildman–Crippen LogP) is 2.37. The minimum atomic E-state index is -0.0693. The largest absolute Gasteiger partial charge is 0.354 e. The first-order valence-corrected chi connectivity index (χ1v) is 8.86. The maximum Gasteiger partial charge on any atom is 0.252 e. The van der Waals surface area contributed by atoms with Gasteiger partial charge >= 0.3 is 0 Å².